The number of unbranched alkanes of at least 4 members (excludes halogenated alkanes) is 1. The molecule has 0 amide bonds. The summed E-state index contributed by atoms with van der Waals surface area (Å²) >= 11 is 0. The first kappa shape index (κ1) is 12.7. The first-order valence-corrected chi connectivity index (χ1v) is 5.60. The summed E-state index contributed by atoms with van der Waals surface area (Å²) in [6.45, 7) is 2.27. The van der Waals surface area contributed by atoms with E-state index >= 15 is 0 Å². The minimum atomic E-state index is 0.925. The van der Waals surface area contributed by atoms with Crippen LogP contribution >= 0.6 is 0 Å². The van der Waals surface area contributed by atoms with Crippen LogP contribution in [0.3, 0.4) is 0 Å². The summed E-state index contributed by atoms with van der Waals surface area (Å²) in [5.74, 6) is 0.925. The second-order valence-electron chi connectivity index (χ2n) is 3.76. The van der Waals surface area contributed by atoms with Crippen LogP contribution in [0.1, 0.15) is 45.4 Å². The quantitative estimate of drug-likeness (QED) is 0.661. The molecule has 0 spiro atoms. The van der Waals surface area contributed by atoms with Gasteiger partial charge in [0.15, 0.2) is 0 Å². The minimum absolute atomic E-state index is 0.925. The van der Waals surface area contributed by atoms with E-state index in [2.05, 4.69) is 24.4 Å². The van der Waals surface area contributed by atoms with E-state index in [4.69, 9.17) is 0 Å². The maximum absolute atomic E-state index is 2.75. The predicted octanol–water partition coefficient (Wildman–Crippen LogP) is 3.37. The summed E-state index contributed by atoms with van der Waals surface area (Å²) in [7, 11) is 3.75. The summed E-state index contributed by atoms with van der Waals surface area (Å²) in [6.07, 6.45) is 13.1. The standard InChI is InChI=1S/C10H18.C2H7N/c1-2-3-7-10-8-5-4-6-9-10;1-3-2/h5,8,10H,2-4,6-7,9H2,1H3;3H,1-2H3/t10-;/m0./s1. The van der Waals surface area contributed by atoms with Crippen LogP contribution in [-0.2, 0) is 0 Å². The van der Waals surface area contributed by atoms with Crippen LogP contribution in [0.5, 0.6) is 0 Å². The fourth-order valence-electron chi connectivity index (χ4n) is 1.59. The molecule has 0 saturated heterocycles. The lowest BCUT2D eigenvalue weighted by molar-refractivity contribution is 0.486. The number of rotatable bonds is 3. The van der Waals surface area contributed by atoms with E-state index in [1.54, 1.807) is 0 Å². The molecule has 0 radical (unpaired) electrons. The molecule has 1 aliphatic carbocycles. The SMILES string of the molecule is CCCC[C@H]1C=CCCC1.CNC. The number of hydrogen-bond acceptors (Lipinski definition) is 1. The first-order valence-electron chi connectivity index (χ1n) is 5.60. The van der Waals surface area contributed by atoms with E-state index in [-0.39, 0.29) is 0 Å². The fraction of sp³-hybridized carbons (Fsp3) is 0.833. The fourth-order valence-corrected chi connectivity index (χ4v) is 1.59. The molecule has 78 valence electrons. The Hall–Kier alpha value is -0.300. The summed E-state index contributed by atoms with van der Waals surface area (Å²) in [6, 6.07) is 0. The third kappa shape index (κ3) is 8.04. The van der Waals surface area contributed by atoms with E-state index in [9.17, 15) is 0 Å². The summed E-state index contributed by atoms with van der Waals surface area (Å²) < 4.78 is 0. The second kappa shape index (κ2) is 9.79. The molecule has 1 heteroatoms. The van der Waals surface area contributed by atoms with Gasteiger partial charge in [0.1, 0.15) is 0 Å². The van der Waals surface area contributed by atoms with Crippen molar-refractivity contribution in [3.8, 4) is 0 Å². The smallest absolute Gasteiger partial charge is 0.0167 e. The van der Waals surface area contributed by atoms with E-state index in [0.717, 1.165) is 5.92 Å². The Kier molecular flexibility index (Phi) is 9.56. The van der Waals surface area contributed by atoms with Crippen LogP contribution in [0.15, 0.2) is 12.2 Å². The third-order valence-electron chi connectivity index (χ3n) is 2.28. The highest BCUT2D eigenvalue weighted by Gasteiger charge is 2.06. The largest absolute Gasteiger partial charge is 0.323 e. The maximum atomic E-state index is 2.75. The van der Waals surface area contributed by atoms with Gasteiger partial charge in [-0.05, 0) is 45.7 Å². The van der Waals surface area contributed by atoms with Crippen LogP contribution in [0, 0.1) is 5.92 Å². The van der Waals surface area contributed by atoms with Gasteiger partial charge >= 0.3 is 0 Å². The lowest BCUT2D eigenvalue weighted by atomic mass is 9.91. The molecule has 1 nitrogen and oxygen atoms in total. The van der Waals surface area contributed by atoms with Crippen LogP contribution in [-0.4, -0.2) is 14.1 Å². The van der Waals surface area contributed by atoms with Crippen LogP contribution in [0.25, 0.3) is 0 Å². The van der Waals surface area contributed by atoms with Gasteiger partial charge in [-0.1, -0.05) is 31.9 Å². The molecular weight excluding hydrogens is 158 g/mol. The lowest BCUT2D eigenvalue weighted by Crippen LogP contribution is -1.99. The van der Waals surface area contributed by atoms with Crippen molar-refractivity contribution < 1.29 is 0 Å². The number of hydrogen-bond donors (Lipinski definition) is 1. The van der Waals surface area contributed by atoms with Crippen molar-refractivity contribution in [2.75, 3.05) is 14.1 Å². The number of allylic oxidation sites excluding steroid dienone is 2. The monoisotopic (exact) mass is 183 g/mol. The van der Waals surface area contributed by atoms with Crippen molar-refractivity contribution in [1.29, 1.82) is 0 Å². The van der Waals surface area contributed by atoms with Crippen LogP contribution in [0.2, 0.25) is 0 Å². The van der Waals surface area contributed by atoms with Gasteiger partial charge < -0.3 is 5.32 Å². The molecule has 1 aliphatic rings. The zero-order chi connectivity index (χ0) is 9.94. The topological polar surface area (TPSA) is 12.0 Å². The van der Waals surface area contributed by atoms with Crippen LogP contribution in [0.4, 0.5) is 0 Å². The highest BCUT2D eigenvalue weighted by atomic mass is 14.7. The molecule has 0 aliphatic heterocycles. The highest BCUT2D eigenvalue weighted by Crippen LogP contribution is 2.21. The molecule has 0 unspecified atom stereocenters. The van der Waals surface area contributed by atoms with Crippen molar-refractivity contribution in [2.45, 2.75) is 45.4 Å². The summed E-state index contributed by atoms with van der Waals surface area (Å²) in [5.41, 5.74) is 0. The Morgan fingerprint density at radius 1 is 1.38 bits per heavy atom. The van der Waals surface area contributed by atoms with Crippen molar-refractivity contribution in [1.82, 2.24) is 5.32 Å². The average molecular weight is 183 g/mol. The van der Waals surface area contributed by atoms with Crippen molar-refractivity contribution in [3.63, 3.8) is 0 Å². The maximum Gasteiger partial charge on any atom is -0.0167 e. The van der Waals surface area contributed by atoms with Gasteiger partial charge in [-0.15, -0.1) is 0 Å². The first-order chi connectivity index (χ1) is 6.35. The molecule has 13 heavy (non-hydrogen) atoms. The normalized spacial score (nSPS) is 20.7. The zero-order valence-corrected chi connectivity index (χ0v) is 9.47. The molecule has 0 bridgehead atoms. The van der Waals surface area contributed by atoms with E-state index in [1.807, 2.05) is 14.1 Å². The van der Waals surface area contributed by atoms with Gasteiger partial charge in [0, 0.05) is 0 Å². The molecular formula is C12H25N. The Bertz CT molecular complexity index is 118. The Labute approximate surface area is 83.6 Å². The van der Waals surface area contributed by atoms with Crippen molar-refractivity contribution in [2.24, 2.45) is 5.92 Å². The van der Waals surface area contributed by atoms with Gasteiger partial charge in [-0.2, -0.15) is 0 Å². The third-order valence-corrected chi connectivity index (χ3v) is 2.28. The van der Waals surface area contributed by atoms with Gasteiger partial charge in [-0.3, -0.25) is 0 Å². The van der Waals surface area contributed by atoms with Gasteiger partial charge in [-0.25, -0.2) is 0 Å². The molecule has 0 aromatic rings. The minimum Gasteiger partial charge on any atom is -0.323 e. The Morgan fingerprint density at radius 2 is 2.08 bits per heavy atom. The van der Waals surface area contributed by atoms with Crippen LogP contribution < -0.4 is 5.32 Å². The Balaban J connectivity index is 0.000000424. The Morgan fingerprint density at radius 3 is 2.54 bits per heavy atom. The molecule has 0 aromatic heterocycles. The second-order valence-corrected chi connectivity index (χ2v) is 3.76. The molecule has 1 rings (SSSR count). The van der Waals surface area contributed by atoms with E-state index in [1.165, 1.54) is 38.5 Å². The summed E-state index contributed by atoms with van der Waals surface area (Å²) in [5, 5.41) is 2.75. The van der Waals surface area contributed by atoms with Gasteiger partial charge in [0.05, 0.1) is 0 Å². The molecule has 0 saturated carbocycles. The average Bonchev–Trinajstić information content (AvgIpc) is 2.18. The number of nitrogens with one attached hydrogen (secondary N) is 1. The van der Waals surface area contributed by atoms with Gasteiger partial charge in [0.2, 0.25) is 0 Å². The molecule has 0 aromatic carbocycles. The van der Waals surface area contributed by atoms with Gasteiger partial charge in [0.25, 0.3) is 0 Å². The summed E-state index contributed by atoms with van der Waals surface area (Å²) in [4.78, 5) is 0. The molecule has 1 N–H and O–H groups in total. The molecule has 0 heterocycles. The highest BCUT2D eigenvalue weighted by molar-refractivity contribution is 4.92. The van der Waals surface area contributed by atoms with E-state index < -0.39 is 0 Å². The predicted molar refractivity (Wildman–Crippen MR) is 61.0 cm³/mol. The molecule has 0 fully saturated rings. The van der Waals surface area contributed by atoms with E-state index in [0.29, 0.717) is 0 Å². The molecule has 1 atom stereocenters. The zero-order valence-electron chi connectivity index (χ0n) is 9.47. The van der Waals surface area contributed by atoms with Crippen molar-refractivity contribution in [3.05, 3.63) is 12.2 Å². The lowest BCUT2D eigenvalue weighted by Gasteiger charge is -2.14. The van der Waals surface area contributed by atoms with Crippen molar-refractivity contribution >= 4 is 0 Å².